The van der Waals surface area contributed by atoms with E-state index in [0.717, 1.165) is 18.0 Å². The summed E-state index contributed by atoms with van der Waals surface area (Å²) in [7, 11) is 1.97. The van der Waals surface area contributed by atoms with Gasteiger partial charge in [0.15, 0.2) is 0 Å². The first-order chi connectivity index (χ1) is 8.29. The van der Waals surface area contributed by atoms with Crippen LogP contribution in [-0.4, -0.2) is 13.6 Å². The Bertz CT molecular complexity index is 459. The van der Waals surface area contributed by atoms with E-state index in [1.807, 2.05) is 31.3 Å². The second kappa shape index (κ2) is 5.85. The van der Waals surface area contributed by atoms with E-state index in [-0.39, 0.29) is 0 Å². The molecule has 0 spiro atoms. The van der Waals surface area contributed by atoms with E-state index in [2.05, 4.69) is 29.6 Å². The van der Waals surface area contributed by atoms with Gasteiger partial charge in [-0.25, -0.2) is 0 Å². The lowest BCUT2D eigenvalue weighted by Gasteiger charge is -2.04. The van der Waals surface area contributed by atoms with Gasteiger partial charge in [-0.3, -0.25) is 0 Å². The monoisotopic (exact) mass is 245 g/mol. The maximum Gasteiger partial charge on any atom is 0.0406 e. The van der Waals surface area contributed by atoms with E-state index in [0.29, 0.717) is 0 Å². The zero-order valence-corrected chi connectivity index (χ0v) is 10.7. The minimum absolute atomic E-state index is 0.777. The van der Waals surface area contributed by atoms with Crippen LogP contribution in [0, 0.1) is 0 Å². The van der Waals surface area contributed by atoms with Crippen molar-refractivity contribution in [3.8, 4) is 11.1 Å². The lowest BCUT2D eigenvalue weighted by atomic mass is 10.0. The second-order valence-corrected chi connectivity index (χ2v) is 4.49. The largest absolute Gasteiger partial charge is 0.319 e. The zero-order valence-electron chi connectivity index (χ0n) is 9.91. The molecule has 0 amide bonds. The van der Waals surface area contributed by atoms with Crippen molar-refractivity contribution in [3.05, 3.63) is 59.1 Å². The molecule has 2 heteroatoms. The normalized spacial score (nSPS) is 10.5. The molecule has 2 aromatic carbocycles. The molecule has 0 aliphatic heterocycles. The van der Waals surface area contributed by atoms with Crippen molar-refractivity contribution in [2.45, 2.75) is 6.42 Å². The zero-order chi connectivity index (χ0) is 12.1. The molecule has 0 aromatic heterocycles. The predicted octanol–water partition coefficient (Wildman–Crippen LogP) is 3.77. The second-order valence-electron chi connectivity index (χ2n) is 4.06. The molecule has 0 aliphatic rings. The summed E-state index contributed by atoms with van der Waals surface area (Å²) in [5.74, 6) is 0. The topological polar surface area (TPSA) is 12.0 Å². The molecule has 1 nitrogen and oxygen atoms in total. The van der Waals surface area contributed by atoms with E-state index in [1.165, 1.54) is 16.7 Å². The molecule has 1 N–H and O–H groups in total. The van der Waals surface area contributed by atoms with Gasteiger partial charge in [-0.1, -0.05) is 48.0 Å². The molecular formula is C15H16ClN. The van der Waals surface area contributed by atoms with Gasteiger partial charge in [0.1, 0.15) is 0 Å². The van der Waals surface area contributed by atoms with Crippen molar-refractivity contribution in [2.75, 3.05) is 13.6 Å². The van der Waals surface area contributed by atoms with Gasteiger partial charge in [0, 0.05) is 5.02 Å². The molecule has 2 rings (SSSR count). The number of nitrogens with one attached hydrogen (secondary N) is 1. The average molecular weight is 246 g/mol. The fourth-order valence-corrected chi connectivity index (χ4v) is 1.90. The first-order valence-electron chi connectivity index (χ1n) is 5.79. The number of benzene rings is 2. The molecule has 0 bridgehead atoms. The van der Waals surface area contributed by atoms with Crippen molar-refractivity contribution in [2.24, 2.45) is 0 Å². The van der Waals surface area contributed by atoms with E-state index in [9.17, 15) is 0 Å². The Hall–Kier alpha value is -1.31. The molecule has 0 atom stereocenters. The molecule has 0 heterocycles. The summed E-state index contributed by atoms with van der Waals surface area (Å²) in [6, 6.07) is 16.6. The summed E-state index contributed by atoms with van der Waals surface area (Å²) in [6.45, 7) is 1.01. The van der Waals surface area contributed by atoms with Gasteiger partial charge >= 0.3 is 0 Å². The Kier molecular flexibility index (Phi) is 4.18. The van der Waals surface area contributed by atoms with Crippen LogP contribution >= 0.6 is 11.6 Å². The van der Waals surface area contributed by atoms with Gasteiger partial charge in [0.05, 0.1) is 0 Å². The van der Waals surface area contributed by atoms with Gasteiger partial charge in [-0.05, 0) is 48.8 Å². The van der Waals surface area contributed by atoms with Gasteiger partial charge in [0.25, 0.3) is 0 Å². The highest BCUT2D eigenvalue weighted by atomic mass is 35.5. The molecule has 17 heavy (non-hydrogen) atoms. The molecule has 0 fully saturated rings. The number of likely N-dealkylation sites (N-methyl/N-ethyl adjacent to an activating group) is 1. The van der Waals surface area contributed by atoms with Crippen molar-refractivity contribution in [1.29, 1.82) is 0 Å². The highest BCUT2D eigenvalue weighted by Crippen LogP contribution is 2.21. The lowest BCUT2D eigenvalue weighted by Crippen LogP contribution is -2.10. The Morgan fingerprint density at radius 2 is 1.41 bits per heavy atom. The van der Waals surface area contributed by atoms with Gasteiger partial charge in [-0.15, -0.1) is 0 Å². The van der Waals surface area contributed by atoms with Crippen LogP contribution in [0.2, 0.25) is 5.02 Å². The summed E-state index contributed by atoms with van der Waals surface area (Å²) in [6.07, 6.45) is 1.07. The Morgan fingerprint density at radius 3 is 1.94 bits per heavy atom. The third-order valence-corrected chi connectivity index (χ3v) is 3.05. The predicted molar refractivity (Wildman–Crippen MR) is 74.5 cm³/mol. The van der Waals surface area contributed by atoms with Crippen molar-refractivity contribution < 1.29 is 0 Å². The Morgan fingerprint density at radius 1 is 0.882 bits per heavy atom. The summed E-state index contributed by atoms with van der Waals surface area (Å²) >= 11 is 5.87. The number of halogens is 1. The van der Waals surface area contributed by atoms with E-state index < -0.39 is 0 Å². The molecule has 0 unspecified atom stereocenters. The summed E-state index contributed by atoms with van der Waals surface area (Å²) in [5, 5.41) is 3.93. The number of hydrogen-bond donors (Lipinski definition) is 1. The highest BCUT2D eigenvalue weighted by Gasteiger charge is 1.98. The van der Waals surface area contributed by atoms with Gasteiger partial charge < -0.3 is 5.32 Å². The summed E-state index contributed by atoms with van der Waals surface area (Å²) in [5.41, 5.74) is 3.79. The minimum atomic E-state index is 0.777. The number of hydrogen-bond acceptors (Lipinski definition) is 1. The maximum atomic E-state index is 5.87. The standard InChI is InChI=1S/C15H16ClN/c1-17-11-10-12-2-4-13(5-3-12)14-6-8-15(16)9-7-14/h2-9,17H,10-11H2,1H3. The van der Waals surface area contributed by atoms with Crippen molar-refractivity contribution in [1.82, 2.24) is 5.32 Å². The fraction of sp³-hybridized carbons (Fsp3) is 0.200. The Balaban J connectivity index is 2.14. The molecule has 0 saturated heterocycles. The molecular weight excluding hydrogens is 230 g/mol. The van der Waals surface area contributed by atoms with Crippen LogP contribution in [0.4, 0.5) is 0 Å². The van der Waals surface area contributed by atoms with Crippen LogP contribution in [0.25, 0.3) is 11.1 Å². The van der Waals surface area contributed by atoms with Crippen LogP contribution in [-0.2, 0) is 6.42 Å². The maximum absolute atomic E-state index is 5.87. The third-order valence-electron chi connectivity index (χ3n) is 2.80. The van der Waals surface area contributed by atoms with Gasteiger partial charge in [0.2, 0.25) is 0 Å². The molecule has 0 aliphatic carbocycles. The molecule has 0 radical (unpaired) electrons. The fourth-order valence-electron chi connectivity index (χ4n) is 1.78. The van der Waals surface area contributed by atoms with Crippen LogP contribution in [0.15, 0.2) is 48.5 Å². The SMILES string of the molecule is CNCCc1ccc(-c2ccc(Cl)cc2)cc1. The van der Waals surface area contributed by atoms with E-state index in [4.69, 9.17) is 11.6 Å². The minimum Gasteiger partial charge on any atom is -0.319 e. The van der Waals surface area contributed by atoms with Crippen LogP contribution in [0.5, 0.6) is 0 Å². The summed E-state index contributed by atoms with van der Waals surface area (Å²) in [4.78, 5) is 0. The van der Waals surface area contributed by atoms with E-state index >= 15 is 0 Å². The molecule has 0 saturated carbocycles. The Labute approximate surface area is 107 Å². The first-order valence-corrected chi connectivity index (χ1v) is 6.17. The summed E-state index contributed by atoms with van der Waals surface area (Å²) < 4.78 is 0. The quantitative estimate of drug-likeness (QED) is 0.865. The first kappa shape index (κ1) is 12.2. The van der Waals surface area contributed by atoms with Crippen LogP contribution in [0.1, 0.15) is 5.56 Å². The lowest BCUT2D eigenvalue weighted by molar-refractivity contribution is 0.792. The van der Waals surface area contributed by atoms with E-state index in [1.54, 1.807) is 0 Å². The van der Waals surface area contributed by atoms with Crippen molar-refractivity contribution >= 4 is 11.6 Å². The number of rotatable bonds is 4. The van der Waals surface area contributed by atoms with Crippen LogP contribution < -0.4 is 5.32 Å². The van der Waals surface area contributed by atoms with Crippen LogP contribution in [0.3, 0.4) is 0 Å². The van der Waals surface area contributed by atoms with Crippen molar-refractivity contribution in [3.63, 3.8) is 0 Å². The third kappa shape index (κ3) is 3.32. The van der Waals surface area contributed by atoms with Gasteiger partial charge in [-0.2, -0.15) is 0 Å². The highest BCUT2D eigenvalue weighted by molar-refractivity contribution is 6.30. The average Bonchev–Trinajstić information content (AvgIpc) is 2.38. The molecule has 2 aromatic rings. The molecule has 88 valence electrons. The smallest absolute Gasteiger partial charge is 0.0406 e.